The van der Waals surface area contributed by atoms with E-state index in [-0.39, 0.29) is 0 Å². The van der Waals surface area contributed by atoms with Crippen LogP contribution in [0.4, 0.5) is 17.1 Å². The van der Waals surface area contributed by atoms with Crippen molar-refractivity contribution in [3.05, 3.63) is 182 Å². The Balaban J connectivity index is 1.05. The molecular formula is C48H30N6. The van der Waals surface area contributed by atoms with Crippen molar-refractivity contribution in [1.29, 1.82) is 0 Å². The molecular weight excluding hydrogens is 661 g/mol. The molecule has 54 heavy (non-hydrogen) atoms. The van der Waals surface area contributed by atoms with Crippen LogP contribution in [0.1, 0.15) is 0 Å². The van der Waals surface area contributed by atoms with Crippen LogP contribution in [0, 0.1) is 0 Å². The normalized spacial score (nSPS) is 12.4. The average Bonchev–Trinajstić information content (AvgIpc) is 3.90. The third-order valence-corrected chi connectivity index (χ3v) is 11.0. The van der Waals surface area contributed by atoms with Gasteiger partial charge in [-0.05, 0) is 78.9 Å². The maximum Gasteiger partial charge on any atom is 0.164 e. The van der Waals surface area contributed by atoms with Gasteiger partial charge in [0.1, 0.15) is 5.69 Å². The molecule has 6 nitrogen and oxygen atoms in total. The van der Waals surface area contributed by atoms with E-state index >= 15 is 0 Å². The number of benzene rings is 7. The van der Waals surface area contributed by atoms with Crippen LogP contribution in [0.25, 0.3) is 83.2 Å². The van der Waals surface area contributed by atoms with Crippen LogP contribution >= 0.6 is 0 Å². The van der Waals surface area contributed by atoms with Crippen LogP contribution in [0.15, 0.2) is 182 Å². The van der Waals surface area contributed by atoms with Crippen molar-refractivity contribution in [3.8, 4) is 28.6 Å². The van der Waals surface area contributed by atoms with Gasteiger partial charge in [0.15, 0.2) is 5.82 Å². The van der Waals surface area contributed by atoms with Crippen LogP contribution in [-0.2, 0) is 0 Å². The maximum absolute atomic E-state index is 5.26. The van der Waals surface area contributed by atoms with Crippen molar-refractivity contribution < 1.29 is 0 Å². The zero-order valence-electron chi connectivity index (χ0n) is 29.0. The Morgan fingerprint density at radius 1 is 0.370 bits per heavy atom. The van der Waals surface area contributed by atoms with Gasteiger partial charge >= 0.3 is 0 Å². The molecule has 0 fully saturated rings. The maximum atomic E-state index is 5.26. The molecule has 0 saturated heterocycles. The first-order valence-corrected chi connectivity index (χ1v) is 18.3. The lowest BCUT2D eigenvalue weighted by Gasteiger charge is -2.33. The van der Waals surface area contributed by atoms with Gasteiger partial charge in [-0.2, -0.15) is 0 Å². The van der Waals surface area contributed by atoms with Crippen LogP contribution in [0.5, 0.6) is 0 Å². The van der Waals surface area contributed by atoms with E-state index in [1.165, 1.54) is 32.6 Å². The Kier molecular flexibility index (Phi) is 5.96. The van der Waals surface area contributed by atoms with E-state index in [1.54, 1.807) is 0 Å². The van der Waals surface area contributed by atoms with Gasteiger partial charge in [0, 0.05) is 32.9 Å². The predicted octanol–water partition coefficient (Wildman–Crippen LogP) is 12.1. The molecule has 0 radical (unpaired) electrons. The van der Waals surface area contributed by atoms with Gasteiger partial charge in [-0.3, -0.25) is 9.55 Å². The molecule has 5 heterocycles. The summed E-state index contributed by atoms with van der Waals surface area (Å²) in [4.78, 5) is 12.8. The van der Waals surface area contributed by atoms with Crippen LogP contribution in [0.3, 0.4) is 0 Å². The summed E-state index contributed by atoms with van der Waals surface area (Å²) < 4.78 is 6.96. The zero-order chi connectivity index (χ0) is 35.3. The summed E-state index contributed by atoms with van der Waals surface area (Å²) in [5.74, 6) is 0.795. The van der Waals surface area contributed by atoms with E-state index in [0.29, 0.717) is 0 Å². The number of aromatic nitrogens is 5. The van der Waals surface area contributed by atoms with Gasteiger partial charge in [0.05, 0.1) is 62.0 Å². The van der Waals surface area contributed by atoms with Gasteiger partial charge in [-0.25, -0.2) is 4.98 Å². The SMILES string of the molecule is c1ccc(-n2c(-c3ccc(-n4c5ccccc5c5ccccc54)cn3)nc3ccc(N4c5ccccc5-n5c6ccccc6c6cccc4c65)cc32)cc1. The lowest BCUT2D eigenvalue weighted by atomic mass is 10.1. The second-order valence-corrected chi connectivity index (χ2v) is 13.9. The highest BCUT2D eigenvalue weighted by molar-refractivity contribution is 6.16. The minimum Gasteiger partial charge on any atom is -0.308 e. The van der Waals surface area contributed by atoms with E-state index < -0.39 is 0 Å². The molecule has 0 bridgehead atoms. The van der Waals surface area contributed by atoms with E-state index in [9.17, 15) is 0 Å². The number of para-hydroxylation sites is 7. The fourth-order valence-corrected chi connectivity index (χ4v) is 8.75. The van der Waals surface area contributed by atoms with Crippen molar-refractivity contribution in [2.45, 2.75) is 0 Å². The standard InChI is InChI=1S/C48H30N6/c1-2-13-31(14-3-1)53-46-29-32(51-43-22-10-11-23-44(43)54-42-21-9-6-17-36(42)37-18-12-24-45(51)47(37)54)25-27-38(46)50-48(53)39-28-26-33(30-49-39)52-40-19-7-4-15-34(40)35-16-5-8-20-41(35)52/h1-30H. The van der Waals surface area contributed by atoms with Gasteiger partial charge < -0.3 is 14.0 Å². The summed E-state index contributed by atoms with van der Waals surface area (Å²) in [5, 5.41) is 4.96. The van der Waals surface area contributed by atoms with Gasteiger partial charge in [0.25, 0.3) is 0 Å². The second-order valence-electron chi connectivity index (χ2n) is 13.9. The average molecular weight is 691 g/mol. The number of nitrogens with zero attached hydrogens (tertiary/aromatic N) is 6. The second kappa shape index (κ2) is 11.0. The molecule has 6 heteroatoms. The topological polar surface area (TPSA) is 43.8 Å². The number of hydrogen-bond donors (Lipinski definition) is 0. The molecule has 11 aromatic rings. The third kappa shape index (κ3) is 3.99. The molecule has 0 spiro atoms. The third-order valence-electron chi connectivity index (χ3n) is 11.0. The Morgan fingerprint density at radius 2 is 0.963 bits per heavy atom. The summed E-state index contributed by atoms with van der Waals surface area (Å²) in [6, 6.07) is 62.5. The minimum absolute atomic E-state index is 0.795. The molecule has 0 aliphatic carbocycles. The van der Waals surface area contributed by atoms with Crippen LogP contribution in [-0.4, -0.2) is 23.7 Å². The van der Waals surface area contributed by atoms with Crippen molar-refractivity contribution in [2.75, 3.05) is 4.90 Å². The van der Waals surface area contributed by atoms with Crippen LogP contribution < -0.4 is 4.90 Å². The lowest BCUT2D eigenvalue weighted by Crippen LogP contribution is -2.18. The first kappa shape index (κ1) is 29.2. The molecule has 1 aliphatic rings. The Bertz CT molecular complexity index is 3220. The number of anilines is 3. The molecule has 4 aromatic heterocycles. The lowest BCUT2D eigenvalue weighted by molar-refractivity contribution is 1.07. The number of fused-ring (bicyclic) bond motifs is 9. The molecule has 0 atom stereocenters. The van der Waals surface area contributed by atoms with Gasteiger partial charge in [-0.15, -0.1) is 0 Å². The van der Waals surface area contributed by atoms with Crippen molar-refractivity contribution in [1.82, 2.24) is 23.7 Å². The quantitative estimate of drug-likeness (QED) is 0.185. The van der Waals surface area contributed by atoms with E-state index in [2.05, 4.69) is 195 Å². The summed E-state index contributed by atoms with van der Waals surface area (Å²) in [7, 11) is 0. The highest BCUT2D eigenvalue weighted by atomic mass is 15.2. The number of imidazole rings is 1. The van der Waals surface area contributed by atoms with Crippen molar-refractivity contribution >= 4 is 71.7 Å². The Hall–Kier alpha value is -7.44. The Labute approximate surface area is 310 Å². The molecule has 252 valence electrons. The largest absolute Gasteiger partial charge is 0.308 e. The van der Waals surface area contributed by atoms with E-state index in [1.807, 2.05) is 6.20 Å². The summed E-state index contributed by atoms with van der Waals surface area (Å²) in [5.41, 5.74) is 14.0. The van der Waals surface area contributed by atoms with E-state index in [4.69, 9.17) is 9.97 Å². The molecule has 12 rings (SSSR count). The highest BCUT2D eigenvalue weighted by Gasteiger charge is 2.29. The van der Waals surface area contributed by atoms with Gasteiger partial charge in [-0.1, -0.05) is 97.1 Å². The minimum atomic E-state index is 0.795. The fourth-order valence-electron chi connectivity index (χ4n) is 8.75. The fraction of sp³-hybridized carbons (Fsp3) is 0. The summed E-state index contributed by atoms with van der Waals surface area (Å²) in [6.45, 7) is 0. The molecule has 0 amide bonds. The summed E-state index contributed by atoms with van der Waals surface area (Å²) >= 11 is 0. The van der Waals surface area contributed by atoms with Crippen molar-refractivity contribution in [2.24, 2.45) is 0 Å². The first-order chi connectivity index (χ1) is 26.8. The van der Waals surface area contributed by atoms with Crippen molar-refractivity contribution in [3.63, 3.8) is 0 Å². The molecule has 0 saturated carbocycles. The molecule has 0 unspecified atom stereocenters. The predicted molar refractivity (Wildman–Crippen MR) is 221 cm³/mol. The summed E-state index contributed by atoms with van der Waals surface area (Å²) in [6.07, 6.45) is 1.97. The molecule has 0 N–H and O–H groups in total. The van der Waals surface area contributed by atoms with Crippen LogP contribution in [0.2, 0.25) is 0 Å². The number of rotatable bonds is 4. The van der Waals surface area contributed by atoms with Gasteiger partial charge in [0.2, 0.25) is 0 Å². The number of hydrogen-bond acceptors (Lipinski definition) is 3. The zero-order valence-corrected chi connectivity index (χ0v) is 29.0. The highest BCUT2D eigenvalue weighted by Crippen LogP contribution is 2.50. The van der Waals surface area contributed by atoms with E-state index in [0.717, 1.165) is 67.7 Å². The number of pyridine rings is 1. The Morgan fingerprint density at radius 3 is 1.69 bits per heavy atom. The molecule has 7 aromatic carbocycles. The molecule has 1 aliphatic heterocycles. The smallest absolute Gasteiger partial charge is 0.164 e. The first-order valence-electron chi connectivity index (χ1n) is 18.3. The monoisotopic (exact) mass is 690 g/mol.